The summed E-state index contributed by atoms with van der Waals surface area (Å²) in [5.41, 5.74) is 3.59. The van der Waals surface area contributed by atoms with Gasteiger partial charge in [-0.2, -0.15) is 4.72 Å². The second-order valence-electron chi connectivity index (χ2n) is 8.61. The lowest BCUT2D eigenvalue weighted by atomic mass is 10.1. The van der Waals surface area contributed by atoms with E-state index in [0.29, 0.717) is 13.2 Å². The highest BCUT2D eigenvalue weighted by molar-refractivity contribution is 7.89. The summed E-state index contributed by atoms with van der Waals surface area (Å²) in [5.74, 6) is 5.99. The predicted molar refractivity (Wildman–Crippen MR) is 146 cm³/mol. The summed E-state index contributed by atoms with van der Waals surface area (Å²) < 4.78 is 43.9. The fourth-order valence-corrected chi connectivity index (χ4v) is 5.22. The molecule has 0 spiro atoms. The Hall–Kier alpha value is -3.84. The molecular formula is C29H30N2O6S. The van der Waals surface area contributed by atoms with Crippen molar-refractivity contribution in [2.24, 2.45) is 0 Å². The Morgan fingerprint density at radius 2 is 1.66 bits per heavy atom. The first-order valence-electron chi connectivity index (χ1n) is 12.2. The molecule has 0 aromatic heterocycles. The zero-order valence-electron chi connectivity index (χ0n) is 21.3. The highest BCUT2D eigenvalue weighted by Gasteiger charge is 2.26. The van der Waals surface area contributed by atoms with Gasteiger partial charge in [-0.05, 0) is 53.6 Å². The van der Waals surface area contributed by atoms with E-state index < -0.39 is 22.0 Å². The number of hydrogen-bond donors (Lipinski definition) is 1. The summed E-state index contributed by atoms with van der Waals surface area (Å²) in [6.45, 7) is 2.98. The molecule has 1 unspecified atom stereocenters. The van der Waals surface area contributed by atoms with Crippen molar-refractivity contribution in [3.63, 3.8) is 0 Å². The topological polar surface area (TPSA) is 94.2 Å². The normalized spacial score (nSPS) is 14.2. The van der Waals surface area contributed by atoms with Gasteiger partial charge in [0.1, 0.15) is 11.8 Å². The predicted octanol–water partition coefficient (Wildman–Crippen LogP) is 3.46. The van der Waals surface area contributed by atoms with Gasteiger partial charge in [0.15, 0.2) is 0 Å². The van der Waals surface area contributed by atoms with E-state index >= 15 is 0 Å². The molecule has 198 valence electrons. The third-order valence-corrected chi connectivity index (χ3v) is 7.62. The maximum atomic E-state index is 13.0. The lowest BCUT2D eigenvalue weighted by molar-refractivity contribution is -0.142. The van der Waals surface area contributed by atoms with E-state index in [4.69, 9.17) is 14.2 Å². The largest absolute Gasteiger partial charge is 0.497 e. The fourth-order valence-electron chi connectivity index (χ4n) is 4.04. The van der Waals surface area contributed by atoms with Crippen molar-refractivity contribution in [3.8, 4) is 28.7 Å². The maximum Gasteiger partial charge on any atom is 0.324 e. The number of sulfonamides is 1. The summed E-state index contributed by atoms with van der Waals surface area (Å²) in [6, 6.07) is 20.5. The van der Waals surface area contributed by atoms with Crippen LogP contribution in [-0.4, -0.2) is 61.0 Å². The molecule has 1 aliphatic heterocycles. The van der Waals surface area contributed by atoms with Gasteiger partial charge in [0.25, 0.3) is 0 Å². The molecule has 0 amide bonds. The molecule has 1 atom stereocenters. The average Bonchev–Trinajstić information content (AvgIpc) is 2.97. The molecule has 0 aliphatic carbocycles. The summed E-state index contributed by atoms with van der Waals surface area (Å²) in [4.78, 5) is 14.6. The fraction of sp³-hybridized carbons (Fsp3) is 0.276. The molecule has 3 aromatic rings. The van der Waals surface area contributed by atoms with Gasteiger partial charge in [0.05, 0.1) is 32.3 Å². The van der Waals surface area contributed by atoms with Gasteiger partial charge in [-0.1, -0.05) is 42.2 Å². The van der Waals surface area contributed by atoms with Gasteiger partial charge in [0, 0.05) is 30.8 Å². The Kier molecular flexibility index (Phi) is 9.02. The number of rotatable bonds is 8. The van der Waals surface area contributed by atoms with Crippen LogP contribution in [0.25, 0.3) is 11.1 Å². The first kappa shape index (κ1) is 27.2. The zero-order valence-corrected chi connectivity index (χ0v) is 22.2. The number of ether oxygens (including phenoxy) is 3. The molecule has 0 saturated carbocycles. The van der Waals surface area contributed by atoms with Crippen molar-refractivity contribution in [3.05, 3.63) is 78.4 Å². The van der Waals surface area contributed by atoms with Crippen LogP contribution in [0.3, 0.4) is 0 Å². The molecule has 4 rings (SSSR count). The van der Waals surface area contributed by atoms with Gasteiger partial charge in [-0.15, -0.1) is 0 Å². The van der Waals surface area contributed by atoms with Crippen molar-refractivity contribution >= 4 is 21.7 Å². The molecule has 8 nitrogen and oxygen atoms in total. The van der Waals surface area contributed by atoms with Crippen molar-refractivity contribution in [2.45, 2.75) is 17.4 Å². The van der Waals surface area contributed by atoms with Crippen molar-refractivity contribution < 1.29 is 27.4 Å². The van der Waals surface area contributed by atoms with Gasteiger partial charge in [0.2, 0.25) is 10.0 Å². The van der Waals surface area contributed by atoms with E-state index in [9.17, 15) is 13.2 Å². The summed E-state index contributed by atoms with van der Waals surface area (Å²) in [6.07, 6.45) is -0.0440. The lowest BCUT2D eigenvalue weighted by Gasteiger charge is -2.28. The molecule has 0 radical (unpaired) electrons. The minimum Gasteiger partial charge on any atom is -0.497 e. The highest BCUT2D eigenvalue weighted by atomic mass is 32.2. The van der Waals surface area contributed by atoms with Crippen LogP contribution in [0.1, 0.15) is 12.0 Å². The SMILES string of the molecule is COC(=O)C(CC#Cc1cccc(N2CCOCC2)c1)NS(=O)(=O)c1ccc(-c2ccc(OC)cc2)cc1. The molecule has 1 N–H and O–H groups in total. The number of morpholine rings is 1. The molecule has 1 fully saturated rings. The Labute approximate surface area is 223 Å². The smallest absolute Gasteiger partial charge is 0.324 e. The second kappa shape index (κ2) is 12.6. The van der Waals surface area contributed by atoms with Crippen LogP contribution in [0.5, 0.6) is 5.75 Å². The van der Waals surface area contributed by atoms with Crippen LogP contribution in [-0.2, 0) is 24.3 Å². The number of anilines is 1. The van der Waals surface area contributed by atoms with E-state index in [1.54, 1.807) is 19.2 Å². The van der Waals surface area contributed by atoms with E-state index in [1.807, 2.05) is 48.5 Å². The molecule has 1 heterocycles. The highest BCUT2D eigenvalue weighted by Crippen LogP contribution is 2.24. The molecule has 0 bridgehead atoms. The molecular weight excluding hydrogens is 504 g/mol. The molecule has 9 heteroatoms. The van der Waals surface area contributed by atoms with E-state index in [0.717, 1.165) is 41.2 Å². The van der Waals surface area contributed by atoms with Gasteiger partial charge in [-0.3, -0.25) is 4.79 Å². The standard InChI is InChI=1S/C29H30N2O6S/c1-35-26-13-9-23(10-14-26)24-11-15-27(16-12-24)38(33,34)30-28(29(32)36-2)8-4-6-22-5-3-7-25(21-22)31-17-19-37-20-18-31/h3,5,7,9-16,21,28,30H,8,17-20H2,1-2H3. The third kappa shape index (κ3) is 6.92. The number of benzene rings is 3. The number of nitrogens with zero attached hydrogens (tertiary/aromatic N) is 1. The van der Waals surface area contributed by atoms with E-state index in [1.165, 1.54) is 19.2 Å². The maximum absolute atomic E-state index is 13.0. The zero-order chi connectivity index (χ0) is 27.0. The Morgan fingerprint density at radius 1 is 1.00 bits per heavy atom. The first-order valence-corrected chi connectivity index (χ1v) is 13.6. The van der Waals surface area contributed by atoms with Crippen LogP contribution in [0.2, 0.25) is 0 Å². The number of nitrogens with one attached hydrogen (secondary N) is 1. The summed E-state index contributed by atoms with van der Waals surface area (Å²) in [5, 5.41) is 0. The Balaban J connectivity index is 1.45. The molecule has 1 saturated heterocycles. The third-order valence-electron chi connectivity index (χ3n) is 6.13. The second-order valence-corrected chi connectivity index (χ2v) is 10.3. The van der Waals surface area contributed by atoms with Crippen LogP contribution in [0.4, 0.5) is 5.69 Å². The molecule has 1 aliphatic rings. The number of carbonyl (C=O) groups excluding carboxylic acids is 1. The van der Waals surface area contributed by atoms with Crippen LogP contribution in [0, 0.1) is 11.8 Å². The lowest BCUT2D eigenvalue weighted by Crippen LogP contribution is -2.41. The van der Waals surface area contributed by atoms with Crippen LogP contribution in [0.15, 0.2) is 77.7 Å². The minimum atomic E-state index is -4.00. The summed E-state index contributed by atoms with van der Waals surface area (Å²) >= 11 is 0. The molecule has 38 heavy (non-hydrogen) atoms. The summed E-state index contributed by atoms with van der Waals surface area (Å²) in [7, 11) is -1.19. The Morgan fingerprint density at radius 3 is 2.29 bits per heavy atom. The first-order chi connectivity index (χ1) is 18.4. The van der Waals surface area contributed by atoms with Gasteiger partial charge >= 0.3 is 5.97 Å². The average molecular weight is 535 g/mol. The van der Waals surface area contributed by atoms with Gasteiger partial charge < -0.3 is 19.1 Å². The number of hydrogen-bond acceptors (Lipinski definition) is 7. The van der Waals surface area contributed by atoms with Gasteiger partial charge in [-0.25, -0.2) is 8.42 Å². The minimum absolute atomic E-state index is 0.0369. The van der Waals surface area contributed by atoms with Crippen LogP contribution < -0.4 is 14.4 Å². The number of carbonyl (C=O) groups is 1. The van der Waals surface area contributed by atoms with Crippen molar-refractivity contribution in [2.75, 3.05) is 45.4 Å². The van der Waals surface area contributed by atoms with E-state index in [-0.39, 0.29) is 11.3 Å². The van der Waals surface area contributed by atoms with Crippen LogP contribution >= 0.6 is 0 Å². The quantitative estimate of drug-likeness (QED) is 0.349. The van der Waals surface area contributed by atoms with Crippen molar-refractivity contribution in [1.82, 2.24) is 4.72 Å². The number of esters is 1. The Bertz CT molecular complexity index is 1400. The molecule has 3 aromatic carbocycles. The van der Waals surface area contributed by atoms with Crippen molar-refractivity contribution in [1.29, 1.82) is 0 Å². The number of methoxy groups -OCH3 is 2. The monoisotopic (exact) mass is 534 g/mol. The van der Waals surface area contributed by atoms with E-state index in [2.05, 4.69) is 21.5 Å².